The lowest BCUT2D eigenvalue weighted by molar-refractivity contribution is -0.115. The van der Waals surface area contributed by atoms with Gasteiger partial charge in [0, 0.05) is 23.0 Å². The van der Waals surface area contributed by atoms with Crippen molar-refractivity contribution in [1.29, 1.82) is 0 Å². The zero-order valence-corrected chi connectivity index (χ0v) is 14.3. The van der Waals surface area contributed by atoms with Crippen molar-refractivity contribution < 1.29 is 9.90 Å². The van der Waals surface area contributed by atoms with Crippen molar-refractivity contribution in [2.24, 2.45) is 5.92 Å². The highest BCUT2D eigenvalue weighted by atomic mass is 35.5. The van der Waals surface area contributed by atoms with Crippen molar-refractivity contribution >= 4 is 34.2 Å². The first kappa shape index (κ1) is 15.9. The molecule has 1 aromatic rings. The number of halogens is 1. The quantitative estimate of drug-likeness (QED) is 0.915. The van der Waals surface area contributed by atoms with Gasteiger partial charge in [-0.25, -0.2) is 4.98 Å². The standard InChI is InChI=1S/C15H20ClN3O2S/c1-8(2)12-17-15(22-18-12)19-13(20)10(11(16)14(19)21)9-6-4-3-5-7-9/h8-9,13,20H,3-7H2,1-2H3. The summed E-state index contributed by atoms with van der Waals surface area (Å²) in [6.07, 6.45) is 4.42. The molecule has 120 valence electrons. The van der Waals surface area contributed by atoms with E-state index in [4.69, 9.17) is 11.6 Å². The molecule has 1 N–H and O–H groups in total. The lowest BCUT2D eigenvalue weighted by Crippen LogP contribution is -2.36. The number of aromatic nitrogens is 2. The van der Waals surface area contributed by atoms with Gasteiger partial charge in [0.1, 0.15) is 10.9 Å². The van der Waals surface area contributed by atoms with E-state index in [0.717, 1.165) is 37.2 Å². The minimum absolute atomic E-state index is 0.167. The number of aliphatic hydroxyl groups is 1. The zero-order chi connectivity index (χ0) is 15.9. The van der Waals surface area contributed by atoms with Crippen LogP contribution in [0.15, 0.2) is 10.6 Å². The summed E-state index contributed by atoms with van der Waals surface area (Å²) in [5.41, 5.74) is 0.674. The molecule has 22 heavy (non-hydrogen) atoms. The molecular formula is C15H20ClN3O2S. The fourth-order valence-electron chi connectivity index (χ4n) is 3.15. The monoisotopic (exact) mass is 341 g/mol. The number of hydrogen-bond acceptors (Lipinski definition) is 5. The van der Waals surface area contributed by atoms with Crippen LogP contribution < -0.4 is 4.90 Å². The van der Waals surface area contributed by atoms with Gasteiger partial charge in [0.05, 0.1) is 0 Å². The molecule has 0 aromatic carbocycles. The van der Waals surface area contributed by atoms with E-state index in [1.54, 1.807) is 0 Å². The highest BCUT2D eigenvalue weighted by Gasteiger charge is 2.43. The van der Waals surface area contributed by atoms with Crippen LogP contribution in [-0.4, -0.2) is 26.6 Å². The van der Waals surface area contributed by atoms with Crippen LogP contribution in [0.3, 0.4) is 0 Å². The minimum Gasteiger partial charge on any atom is -0.369 e. The summed E-state index contributed by atoms with van der Waals surface area (Å²) < 4.78 is 4.26. The lowest BCUT2D eigenvalue weighted by Gasteiger charge is -2.27. The second kappa shape index (κ2) is 6.26. The maximum Gasteiger partial charge on any atom is 0.274 e. The Balaban J connectivity index is 1.87. The highest BCUT2D eigenvalue weighted by molar-refractivity contribution is 7.10. The molecule has 1 aliphatic heterocycles. The van der Waals surface area contributed by atoms with E-state index < -0.39 is 6.23 Å². The lowest BCUT2D eigenvalue weighted by atomic mass is 9.83. The third kappa shape index (κ3) is 2.68. The first-order valence-corrected chi connectivity index (χ1v) is 8.90. The fourth-order valence-corrected chi connectivity index (χ4v) is 4.32. The van der Waals surface area contributed by atoms with Gasteiger partial charge in [-0.2, -0.15) is 4.37 Å². The smallest absolute Gasteiger partial charge is 0.274 e. The zero-order valence-electron chi connectivity index (χ0n) is 12.8. The Labute approximate surface area is 139 Å². The number of carbonyl (C=O) groups is 1. The molecule has 7 heteroatoms. The Morgan fingerprint density at radius 1 is 1.32 bits per heavy atom. The van der Waals surface area contributed by atoms with Crippen LogP contribution in [0.1, 0.15) is 57.7 Å². The molecule has 3 rings (SSSR count). The molecule has 1 amide bonds. The van der Waals surface area contributed by atoms with Crippen LogP contribution in [0.4, 0.5) is 5.13 Å². The average molecular weight is 342 g/mol. The number of carbonyl (C=O) groups excluding carboxylic acids is 1. The van der Waals surface area contributed by atoms with Crippen LogP contribution in [-0.2, 0) is 4.79 Å². The van der Waals surface area contributed by atoms with E-state index in [-0.39, 0.29) is 22.8 Å². The van der Waals surface area contributed by atoms with Gasteiger partial charge in [0.25, 0.3) is 5.91 Å². The normalized spacial score (nSPS) is 24.0. The number of rotatable bonds is 3. The molecule has 2 aliphatic rings. The Morgan fingerprint density at radius 2 is 2.00 bits per heavy atom. The topological polar surface area (TPSA) is 66.3 Å². The van der Waals surface area contributed by atoms with Gasteiger partial charge in [-0.1, -0.05) is 44.7 Å². The molecule has 0 radical (unpaired) electrons. The second-order valence-corrected chi connectivity index (χ2v) is 7.35. The first-order valence-electron chi connectivity index (χ1n) is 7.75. The summed E-state index contributed by atoms with van der Waals surface area (Å²) in [5.74, 6) is 0.701. The molecule has 1 atom stereocenters. The molecule has 0 saturated heterocycles. The Morgan fingerprint density at radius 3 is 2.59 bits per heavy atom. The summed E-state index contributed by atoms with van der Waals surface area (Å²) >= 11 is 7.39. The van der Waals surface area contributed by atoms with Crippen molar-refractivity contribution in [1.82, 2.24) is 9.36 Å². The number of aliphatic hydroxyl groups excluding tert-OH is 1. The van der Waals surface area contributed by atoms with Crippen molar-refractivity contribution in [3.05, 3.63) is 16.4 Å². The maximum absolute atomic E-state index is 12.5. The van der Waals surface area contributed by atoms with Gasteiger partial charge in [-0.15, -0.1) is 0 Å². The average Bonchev–Trinajstić information content (AvgIpc) is 3.05. The molecule has 1 unspecified atom stereocenters. The van der Waals surface area contributed by atoms with E-state index in [1.807, 2.05) is 13.8 Å². The third-order valence-corrected chi connectivity index (χ3v) is 5.49. The molecule has 1 saturated carbocycles. The van der Waals surface area contributed by atoms with Crippen LogP contribution in [0.2, 0.25) is 0 Å². The number of amides is 1. The summed E-state index contributed by atoms with van der Waals surface area (Å²) in [5, 5.41) is 11.2. The third-order valence-electron chi connectivity index (χ3n) is 4.38. The van der Waals surface area contributed by atoms with Gasteiger partial charge >= 0.3 is 0 Å². The van der Waals surface area contributed by atoms with Crippen molar-refractivity contribution in [3.8, 4) is 0 Å². The Kier molecular flexibility index (Phi) is 4.52. The van der Waals surface area contributed by atoms with Gasteiger partial charge < -0.3 is 5.11 Å². The largest absolute Gasteiger partial charge is 0.369 e. The van der Waals surface area contributed by atoms with Gasteiger partial charge in [0.15, 0.2) is 6.23 Å². The van der Waals surface area contributed by atoms with E-state index in [1.165, 1.54) is 11.3 Å². The molecule has 0 spiro atoms. The van der Waals surface area contributed by atoms with Crippen LogP contribution in [0, 0.1) is 5.92 Å². The molecule has 0 bridgehead atoms. The highest BCUT2D eigenvalue weighted by Crippen LogP contribution is 2.41. The van der Waals surface area contributed by atoms with Crippen molar-refractivity contribution in [3.63, 3.8) is 0 Å². The fraction of sp³-hybridized carbons (Fsp3) is 0.667. The van der Waals surface area contributed by atoms with Crippen molar-refractivity contribution in [2.75, 3.05) is 4.90 Å². The van der Waals surface area contributed by atoms with Crippen LogP contribution in [0.5, 0.6) is 0 Å². The first-order chi connectivity index (χ1) is 10.5. The van der Waals surface area contributed by atoms with Gasteiger partial charge in [0.2, 0.25) is 5.13 Å². The van der Waals surface area contributed by atoms with E-state index in [2.05, 4.69) is 9.36 Å². The molecular weight excluding hydrogens is 322 g/mol. The number of hydrogen-bond donors (Lipinski definition) is 1. The summed E-state index contributed by atoms with van der Waals surface area (Å²) in [6, 6.07) is 0. The van der Waals surface area contributed by atoms with E-state index in [0.29, 0.717) is 16.5 Å². The summed E-state index contributed by atoms with van der Waals surface area (Å²) in [4.78, 5) is 18.1. The predicted octanol–water partition coefficient (Wildman–Crippen LogP) is 3.40. The molecule has 1 aliphatic carbocycles. The predicted molar refractivity (Wildman–Crippen MR) is 86.9 cm³/mol. The maximum atomic E-state index is 12.5. The van der Waals surface area contributed by atoms with Gasteiger partial charge in [-0.3, -0.25) is 9.69 Å². The SMILES string of the molecule is CC(C)c1nsc(N2C(=O)C(Cl)=C(C3CCCCC3)C2O)n1. The summed E-state index contributed by atoms with van der Waals surface area (Å²) in [7, 11) is 0. The number of nitrogens with zero attached hydrogens (tertiary/aromatic N) is 3. The van der Waals surface area contributed by atoms with Gasteiger partial charge in [-0.05, 0) is 18.8 Å². The van der Waals surface area contributed by atoms with Crippen LogP contribution >= 0.6 is 23.1 Å². The Hall–Kier alpha value is -0.980. The Bertz CT molecular complexity index is 608. The van der Waals surface area contributed by atoms with Crippen molar-refractivity contribution in [2.45, 2.75) is 58.1 Å². The summed E-state index contributed by atoms with van der Waals surface area (Å²) in [6.45, 7) is 3.99. The van der Waals surface area contributed by atoms with E-state index >= 15 is 0 Å². The van der Waals surface area contributed by atoms with Crippen LogP contribution in [0.25, 0.3) is 0 Å². The molecule has 2 heterocycles. The molecule has 1 fully saturated rings. The number of anilines is 1. The molecule has 5 nitrogen and oxygen atoms in total. The van der Waals surface area contributed by atoms with E-state index in [9.17, 15) is 9.90 Å². The molecule has 1 aromatic heterocycles. The second-order valence-electron chi connectivity index (χ2n) is 6.24. The minimum atomic E-state index is -1.00.